The molecule has 5 atom stereocenters. The van der Waals surface area contributed by atoms with Crippen molar-refractivity contribution in [2.75, 3.05) is 31.6 Å². The molecular weight excluding hydrogens is 702 g/mol. The number of carbonyl (C=O) groups is 2. The number of aromatic nitrogens is 1. The van der Waals surface area contributed by atoms with Gasteiger partial charge < -0.3 is 29.4 Å². The quantitative estimate of drug-likeness (QED) is 0.188. The fourth-order valence-corrected chi connectivity index (χ4v) is 10.6. The molecule has 0 radical (unpaired) electrons. The highest BCUT2D eigenvalue weighted by atomic mass is 35.5. The molecule has 1 saturated heterocycles. The molecule has 2 aromatic carbocycles. The molecule has 0 amide bonds. The van der Waals surface area contributed by atoms with Crippen LogP contribution in [-0.2, 0) is 27.8 Å². The molecule has 3 aromatic rings. The molecular formula is C44H54ClN3O6. The molecule has 2 fully saturated rings. The minimum absolute atomic E-state index is 0.0405. The number of ketones is 1. The first-order valence-corrected chi connectivity index (χ1v) is 20.5. The number of halogens is 1. The Morgan fingerprint density at radius 3 is 2.57 bits per heavy atom. The summed E-state index contributed by atoms with van der Waals surface area (Å²) in [4.78, 5) is 31.6. The van der Waals surface area contributed by atoms with Gasteiger partial charge in [0, 0.05) is 47.7 Å². The Hall–Kier alpha value is -3.82. The monoisotopic (exact) mass is 755 g/mol. The molecule has 0 unspecified atom stereocenters. The minimum atomic E-state index is -1.09. The van der Waals surface area contributed by atoms with Crippen molar-refractivity contribution in [1.82, 2.24) is 9.88 Å². The summed E-state index contributed by atoms with van der Waals surface area (Å²) in [5.74, 6) is 3.02. The highest BCUT2D eigenvalue weighted by molar-refractivity contribution is 6.30. The number of nitrogens with one attached hydrogen (secondary N) is 1. The zero-order chi connectivity index (χ0) is 37.6. The summed E-state index contributed by atoms with van der Waals surface area (Å²) < 4.78 is 20.0. The number of fused-ring (bicyclic) bond motifs is 5. The smallest absolute Gasteiger partial charge is 0.329 e. The summed E-state index contributed by atoms with van der Waals surface area (Å²) in [6.07, 6.45) is 10.9. The Morgan fingerprint density at radius 1 is 1.09 bits per heavy atom. The molecule has 10 heteroatoms. The molecule has 9 nitrogen and oxygen atoms in total. The van der Waals surface area contributed by atoms with Crippen LogP contribution >= 0.6 is 11.6 Å². The first-order valence-electron chi connectivity index (χ1n) is 20.1. The number of carboxylic acid groups (broad SMARTS) is 1. The molecule has 1 aromatic heterocycles. The SMILES string of the molecule is CC(=O)CCCN1C[C@@H]2Oc3cc4c(cc3O[C@@H]2C1)C[C@H](C[C@@H](C)COc1ccnc2c1[C@H](C)CCC2)C41CCC(Nc2cccc(Cl)c2)(C(=O)O)CC1. The van der Waals surface area contributed by atoms with Crippen LogP contribution in [0.3, 0.4) is 0 Å². The number of benzene rings is 2. The maximum Gasteiger partial charge on any atom is 0.329 e. The van der Waals surface area contributed by atoms with E-state index in [9.17, 15) is 14.7 Å². The molecule has 1 saturated carbocycles. The van der Waals surface area contributed by atoms with Gasteiger partial charge in [0.2, 0.25) is 0 Å². The van der Waals surface area contributed by atoms with Crippen molar-refractivity contribution in [3.63, 3.8) is 0 Å². The fraction of sp³-hybridized carbons (Fsp3) is 0.568. The van der Waals surface area contributed by atoms with E-state index in [-0.39, 0.29) is 29.3 Å². The Bertz CT molecular complexity index is 1890. The highest BCUT2D eigenvalue weighted by Gasteiger charge is 2.55. The second-order valence-electron chi connectivity index (χ2n) is 17.0. The minimum Gasteiger partial charge on any atom is -0.493 e. The summed E-state index contributed by atoms with van der Waals surface area (Å²) in [5, 5.41) is 14.7. The third kappa shape index (κ3) is 7.18. The number of rotatable bonds is 12. The predicted molar refractivity (Wildman–Crippen MR) is 209 cm³/mol. The molecule has 54 heavy (non-hydrogen) atoms. The van der Waals surface area contributed by atoms with Gasteiger partial charge in [-0.15, -0.1) is 0 Å². The molecule has 5 aliphatic rings. The topological polar surface area (TPSA) is 110 Å². The molecule has 0 bridgehead atoms. The van der Waals surface area contributed by atoms with Crippen LogP contribution < -0.4 is 19.5 Å². The number of aryl methyl sites for hydroxylation is 1. The van der Waals surface area contributed by atoms with Crippen molar-refractivity contribution >= 4 is 29.0 Å². The number of aliphatic carboxylic acids is 1. The largest absolute Gasteiger partial charge is 0.493 e. The van der Waals surface area contributed by atoms with Gasteiger partial charge >= 0.3 is 5.97 Å². The van der Waals surface area contributed by atoms with Gasteiger partial charge in [0.15, 0.2) is 11.5 Å². The van der Waals surface area contributed by atoms with Crippen molar-refractivity contribution in [2.45, 2.75) is 120 Å². The Labute approximate surface area is 324 Å². The highest BCUT2D eigenvalue weighted by Crippen LogP contribution is 2.58. The van der Waals surface area contributed by atoms with E-state index in [1.54, 1.807) is 19.1 Å². The van der Waals surface area contributed by atoms with E-state index in [1.807, 2.05) is 24.4 Å². The van der Waals surface area contributed by atoms with Gasteiger partial charge in [0.1, 0.15) is 29.3 Å². The van der Waals surface area contributed by atoms with Crippen molar-refractivity contribution < 1.29 is 28.9 Å². The summed E-state index contributed by atoms with van der Waals surface area (Å²) in [5.41, 5.74) is 4.46. The number of pyridine rings is 1. The van der Waals surface area contributed by atoms with E-state index in [4.69, 9.17) is 25.8 Å². The van der Waals surface area contributed by atoms with Gasteiger partial charge in [-0.3, -0.25) is 9.88 Å². The van der Waals surface area contributed by atoms with Crippen LogP contribution in [0.2, 0.25) is 5.02 Å². The number of Topliss-reactive ketones (excluding diaryl/α,β-unsaturated/α-hetero) is 1. The number of hydrogen-bond donors (Lipinski definition) is 2. The van der Waals surface area contributed by atoms with Gasteiger partial charge in [0.25, 0.3) is 0 Å². The number of hydrogen-bond acceptors (Lipinski definition) is 8. The van der Waals surface area contributed by atoms with Gasteiger partial charge in [-0.25, -0.2) is 4.79 Å². The summed E-state index contributed by atoms with van der Waals surface area (Å²) >= 11 is 6.31. The van der Waals surface area contributed by atoms with Gasteiger partial charge in [-0.05, 0) is 148 Å². The number of carbonyl (C=O) groups excluding carboxylic acids is 1. The predicted octanol–water partition coefficient (Wildman–Crippen LogP) is 8.39. The lowest BCUT2D eigenvalue weighted by Crippen LogP contribution is -2.53. The Morgan fingerprint density at radius 2 is 1.85 bits per heavy atom. The fourth-order valence-electron chi connectivity index (χ4n) is 10.4. The number of ether oxygens (including phenoxy) is 3. The van der Waals surface area contributed by atoms with Crippen LogP contribution in [0.5, 0.6) is 17.2 Å². The standard InChI is InChI=1S/C44H54ClN3O6/c1-27(26-52-36-12-17-46-35-11-4-7-28(2)41(35)36)19-31-20-30-21-37-38(54-40-25-48(24-39(40)53-37)18-6-8-29(3)49)23-34(30)43(31)13-15-44(16-14-43,42(50)51)47-33-10-5-9-32(45)22-33/h5,9-10,12,17,21-23,27-28,31,39-40,47H,4,6-8,11,13-16,18-20,24-26H2,1-3H3,(H,50,51)/t27-,28-,31+,39-,40+,43?,44?/m1/s1. The number of likely N-dealkylation sites (tertiary alicyclic amines) is 1. The molecule has 2 aliphatic heterocycles. The third-order valence-electron chi connectivity index (χ3n) is 13.2. The van der Waals surface area contributed by atoms with Crippen LogP contribution in [0.4, 0.5) is 5.69 Å². The van der Waals surface area contributed by atoms with E-state index in [1.165, 1.54) is 28.8 Å². The average molecular weight is 756 g/mol. The van der Waals surface area contributed by atoms with E-state index >= 15 is 0 Å². The Kier molecular flexibility index (Phi) is 10.3. The van der Waals surface area contributed by atoms with E-state index in [0.29, 0.717) is 42.7 Å². The first kappa shape index (κ1) is 37.1. The maximum absolute atomic E-state index is 13.1. The summed E-state index contributed by atoms with van der Waals surface area (Å²) in [6, 6.07) is 13.8. The average Bonchev–Trinajstić information content (AvgIpc) is 3.66. The van der Waals surface area contributed by atoms with E-state index in [2.05, 4.69) is 41.2 Å². The summed E-state index contributed by atoms with van der Waals surface area (Å²) in [6.45, 7) is 9.27. The zero-order valence-corrected chi connectivity index (χ0v) is 32.6. The molecule has 3 heterocycles. The molecule has 288 valence electrons. The van der Waals surface area contributed by atoms with Gasteiger partial charge in [-0.2, -0.15) is 0 Å². The van der Waals surface area contributed by atoms with Crippen LogP contribution in [-0.4, -0.2) is 70.7 Å². The first-order chi connectivity index (χ1) is 26.0. The second-order valence-corrected chi connectivity index (χ2v) is 17.5. The van der Waals surface area contributed by atoms with Crippen LogP contribution in [0.1, 0.15) is 107 Å². The molecule has 2 N–H and O–H groups in total. The molecule has 1 spiro atoms. The number of nitrogens with zero attached hydrogens (tertiary/aromatic N) is 2. The van der Waals surface area contributed by atoms with Crippen molar-refractivity contribution in [2.24, 2.45) is 11.8 Å². The van der Waals surface area contributed by atoms with E-state index in [0.717, 1.165) is 87.5 Å². The van der Waals surface area contributed by atoms with Crippen LogP contribution in [0.25, 0.3) is 0 Å². The number of anilines is 1. The van der Waals surface area contributed by atoms with E-state index < -0.39 is 11.5 Å². The zero-order valence-electron chi connectivity index (χ0n) is 31.9. The Balaban J connectivity index is 1.04. The van der Waals surface area contributed by atoms with Gasteiger partial charge in [-0.1, -0.05) is 31.5 Å². The second kappa shape index (κ2) is 15.0. The number of carboxylic acids is 1. The van der Waals surface area contributed by atoms with Crippen molar-refractivity contribution in [3.05, 3.63) is 76.1 Å². The lowest BCUT2D eigenvalue weighted by atomic mass is 9.59. The molecule has 8 rings (SSSR count). The van der Waals surface area contributed by atoms with Crippen molar-refractivity contribution in [1.29, 1.82) is 0 Å². The lowest BCUT2D eigenvalue weighted by molar-refractivity contribution is -0.144. The third-order valence-corrected chi connectivity index (χ3v) is 13.4. The lowest BCUT2D eigenvalue weighted by Gasteiger charge is -2.47. The van der Waals surface area contributed by atoms with Crippen LogP contribution in [0.15, 0.2) is 48.7 Å². The maximum atomic E-state index is 13.1. The summed E-state index contributed by atoms with van der Waals surface area (Å²) in [7, 11) is 0. The van der Waals surface area contributed by atoms with Crippen molar-refractivity contribution in [3.8, 4) is 17.2 Å². The normalized spacial score (nSPS) is 28.9. The van der Waals surface area contributed by atoms with Crippen LogP contribution in [0, 0.1) is 11.8 Å². The van der Waals surface area contributed by atoms with Gasteiger partial charge in [0.05, 0.1) is 6.61 Å². The molecule has 3 aliphatic carbocycles.